The minimum Gasteiger partial charge on any atom is -0.376 e. The van der Waals surface area contributed by atoms with E-state index in [9.17, 15) is 4.79 Å². The van der Waals surface area contributed by atoms with E-state index in [0.717, 1.165) is 30.7 Å². The van der Waals surface area contributed by atoms with Crippen LogP contribution in [0.4, 0.5) is 0 Å². The Kier molecular flexibility index (Phi) is 5.25. The fourth-order valence-electron chi connectivity index (χ4n) is 3.35. The Morgan fingerprint density at radius 3 is 2.81 bits per heavy atom. The van der Waals surface area contributed by atoms with Crippen molar-refractivity contribution in [3.05, 3.63) is 78.4 Å². The van der Waals surface area contributed by atoms with Gasteiger partial charge in [-0.05, 0) is 54.8 Å². The number of aromatic nitrogens is 3. The molecule has 138 valence electrons. The fourth-order valence-corrected chi connectivity index (χ4v) is 3.35. The lowest BCUT2D eigenvalue weighted by atomic mass is 10.1. The third-order valence-electron chi connectivity index (χ3n) is 4.72. The molecule has 0 spiro atoms. The van der Waals surface area contributed by atoms with Crippen LogP contribution in [0.2, 0.25) is 0 Å². The van der Waals surface area contributed by atoms with E-state index in [0.29, 0.717) is 18.7 Å². The van der Waals surface area contributed by atoms with Gasteiger partial charge in [0, 0.05) is 50.0 Å². The van der Waals surface area contributed by atoms with Gasteiger partial charge in [0.2, 0.25) is 0 Å². The van der Waals surface area contributed by atoms with Crippen LogP contribution in [0.3, 0.4) is 0 Å². The number of carbonyl (C=O) groups is 1. The monoisotopic (exact) mass is 362 g/mol. The molecule has 0 aliphatic carbocycles. The molecule has 27 heavy (non-hydrogen) atoms. The Morgan fingerprint density at radius 1 is 1.19 bits per heavy atom. The first-order valence-electron chi connectivity index (χ1n) is 9.19. The van der Waals surface area contributed by atoms with Crippen LogP contribution in [0, 0.1) is 0 Å². The quantitative estimate of drug-likeness (QED) is 0.676. The highest BCUT2D eigenvalue weighted by Gasteiger charge is 2.24. The van der Waals surface area contributed by atoms with Gasteiger partial charge >= 0.3 is 0 Å². The van der Waals surface area contributed by atoms with Crippen LogP contribution in [0.25, 0.3) is 5.69 Å². The molecule has 0 saturated carbocycles. The highest BCUT2D eigenvalue weighted by Crippen LogP contribution is 2.18. The lowest BCUT2D eigenvalue weighted by Crippen LogP contribution is -2.37. The number of hydrogen-bond donors (Lipinski definition) is 0. The van der Waals surface area contributed by atoms with Crippen molar-refractivity contribution in [3.63, 3.8) is 0 Å². The van der Waals surface area contributed by atoms with Crippen LogP contribution in [-0.4, -0.2) is 44.8 Å². The normalized spacial score (nSPS) is 16.4. The summed E-state index contributed by atoms with van der Waals surface area (Å²) >= 11 is 0. The number of pyridine rings is 1. The molecule has 1 atom stereocenters. The summed E-state index contributed by atoms with van der Waals surface area (Å²) in [6.07, 6.45) is 9.24. The average molecular weight is 362 g/mol. The Hall–Kier alpha value is -2.99. The van der Waals surface area contributed by atoms with E-state index in [1.54, 1.807) is 23.3 Å². The molecular formula is C21H22N4O2. The van der Waals surface area contributed by atoms with E-state index in [-0.39, 0.29) is 12.0 Å². The maximum atomic E-state index is 13.3. The van der Waals surface area contributed by atoms with Crippen molar-refractivity contribution < 1.29 is 9.53 Å². The third kappa shape index (κ3) is 4.23. The van der Waals surface area contributed by atoms with Gasteiger partial charge in [-0.3, -0.25) is 9.78 Å². The number of carbonyl (C=O) groups excluding carboxylic acids is 1. The van der Waals surface area contributed by atoms with Crippen molar-refractivity contribution in [2.75, 3.05) is 13.2 Å². The molecular weight excluding hydrogens is 340 g/mol. The van der Waals surface area contributed by atoms with E-state index in [4.69, 9.17) is 4.74 Å². The molecule has 1 amide bonds. The summed E-state index contributed by atoms with van der Waals surface area (Å²) < 4.78 is 7.52. The van der Waals surface area contributed by atoms with Gasteiger partial charge in [-0.25, -0.2) is 4.68 Å². The first-order chi connectivity index (χ1) is 13.3. The smallest absolute Gasteiger partial charge is 0.254 e. The third-order valence-corrected chi connectivity index (χ3v) is 4.72. The minimum absolute atomic E-state index is 0.00341. The van der Waals surface area contributed by atoms with E-state index in [1.807, 2.05) is 53.6 Å². The second-order valence-electron chi connectivity index (χ2n) is 6.68. The standard InChI is InChI=1S/C21H22N4O2/c26-21(18-4-1-5-19(14-18)25-12-3-9-23-25)24(16-20-6-2-13-27-20)15-17-7-10-22-11-8-17/h1,3-5,7-12,14,20H,2,6,13,15-16H2/t20-/m1/s1. The van der Waals surface area contributed by atoms with Crippen LogP contribution >= 0.6 is 0 Å². The number of amides is 1. The van der Waals surface area contributed by atoms with Gasteiger partial charge in [0.15, 0.2) is 0 Å². The van der Waals surface area contributed by atoms with Crippen LogP contribution in [-0.2, 0) is 11.3 Å². The molecule has 3 aromatic rings. The van der Waals surface area contributed by atoms with Crippen LogP contribution < -0.4 is 0 Å². The molecule has 6 heteroatoms. The Balaban J connectivity index is 1.58. The molecule has 1 fully saturated rings. The van der Waals surface area contributed by atoms with Gasteiger partial charge in [0.1, 0.15) is 0 Å². The first-order valence-corrected chi connectivity index (χ1v) is 9.19. The molecule has 3 heterocycles. The van der Waals surface area contributed by atoms with Gasteiger partial charge in [-0.2, -0.15) is 5.10 Å². The summed E-state index contributed by atoms with van der Waals surface area (Å²) in [5.74, 6) is -0.00341. The van der Waals surface area contributed by atoms with Crippen molar-refractivity contribution >= 4 is 5.91 Å². The lowest BCUT2D eigenvalue weighted by molar-refractivity contribution is 0.0507. The Morgan fingerprint density at radius 2 is 2.07 bits per heavy atom. The molecule has 0 bridgehead atoms. The van der Waals surface area contributed by atoms with Crippen LogP contribution in [0.15, 0.2) is 67.3 Å². The van der Waals surface area contributed by atoms with Crippen molar-refractivity contribution in [1.82, 2.24) is 19.7 Å². The van der Waals surface area contributed by atoms with E-state index >= 15 is 0 Å². The molecule has 0 radical (unpaired) electrons. The minimum atomic E-state index is -0.00341. The second-order valence-corrected chi connectivity index (χ2v) is 6.68. The zero-order valence-electron chi connectivity index (χ0n) is 15.1. The largest absolute Gasteiger partial charge is 0.376 e. The predicted molar refractivity (Wildman–Crippen MR) is 102 cm³/mol. The molecule has 4 rings (SSSR count). The summed E-state index contributed by atoms with van der Waals surface area (Å²) in [4.78, 5) is 19.2. The summed E-state index contributed by atoms with van der Waals surface area (Å²) in [6.45, 7) is 1.90. The maximum Gasteiger partial charge on any atom is 0.254 e. The Bertz CT molecular complexity index is 874. The molecule has 1 aliphatic heterocycles. The number of nitrogens with zero attached hydrogens (tertiary/aromatic N) is 4. The Labute approximate surface area is 158 Å². The topological polar surface area (TPSA) is 60.2 Å². The van der Waals surface area contributed by atoms with Crippen LogP contribution in [0.5, 0.6) is 0 Å². The van der Waals surface area contributed by atoms with E-state index < -0.39 is 0 Å². The van der Waals surface area contributed by atoms with Crippen LogP contribution in [0.1, 0.15) is 28.8 Å². The van der Waals surface area contributed by atoms with E-state index in [1.165, 1.54) is 0 Å². The second kappa shape index (κ2) is 8.14. The van der Waals surface area contributed by atoms with Gasteiger partial charge in [-0.1, -0.05) is 6.07 Å². The summed E-state index contributed by atoms with van der Waals surface area (Å²) in [7, 11) is 0. The SMILES string of the molecule is O=C(c1cccc(-n2cccn2)c1)N(Cc1ccncc1)C[C@H]1CCCO1. The molecule has 6 nitrogen and oxygen atoms in total. The maximum absolute atomic E-state index is 13.3. The molecule has 0 N–H and O–H groups in total. The fraction of sp³-hybridized carbons (Fsp3) is 0.286. The highest BCUT2D eigenvalue weighted by molar-refractivity contribution is 5.94. The lowest BCUT2D eigenvalue weighted by Gasteiger charge is -2.26. The molecule has 0 unspecified atom stereocenters. The summed E-state index contributed by atoms with van der Waals surface area (Å²) in [6, 6.07) is 13.3. The summed E-state index contributed by atoms with van der Waals surface area (Å²) in [5.41, 5.74) is 2.57. The molecule has 1 aromatic carbocycles. The van der Waals surface area contributed by atoms with Gasteiger partial charge in [0.05, 0.1) is 11.8 Å². The predicted octanol–water partition coefficient (Wildman–Crippen LogP) is 3.09. The molecule has 1 aliphatic rings. The van der Waals surface area contributed by atoms with Crippen molar-refractivity contribution in [2.24, 2.45) is 0 Å². The van der Waals surface area contributed by atoms with Crippen molar-refractivity contribution in [2.45, 2.75) is 25.5 Å². The van der Waals surface area contributed by atoms with Crippen molar-refractivity contribution in [1.29, 1.82) is 0 Å². The average Bonchev–Trinajstić information content (AvgIpc) is 3.42. The highest BCUT2D eigenvalue weighted by atomic mass is 16.5. The molecule has 2 aromatic heterocycles. The van der Waals surface area contributed by atoms with Gasteiger partial charge < -0.3 is 9.64 Å². The number of hydrogen-bond acceptors (Lipinski definition) is 4. The number of ether oxygens (including phenoxy) is 1. The van der Waals surface area contributed by atoms with Gasteiger partial charge in [0.25, 0.3) is 5.91 Å². The van der Waals surface area contributed by atoms with Crippen molar-refractivity contribution in [3.8, 4) is 5.69 Å². The summed E-state index contributed by atoms with van der Waals surface area (Å²) in [5, 5.41) is 4.25. The number of benzene rings is 1. The van der Waals surface area contributed by atoms with Gasteiger partial charge in [-0.15, -0.1) is 0 Å². The zero-order valence-corrected chi connectivity index (χ0v) is 15.1. The first kappa shape index (κ1) is 17.4. The number of rotatable bonds is 6. The molecule has 1 saturated heterocycles. The van der Waals surface area contributed by atoms with E-state index in [2.05, 4.69) is 10.1 Å². The zero-order chi connectivity index (χ0) is 18.5.